The van der Waals surface area contributed by atoms with Crippen LogP contribution in [-0.2, 0) is 14.2 Å². The maximum absolute atomic E-state index is 13.9. The first-order chi connectivity index (χ1) is 11.2. The molecular weight excluding hydrogens is 402 g/mol. The number of fused-ring (bicyclic) bond motifs is 1. The molecule has 0 aliphatic carbocycles. The molecule has 0 radical (unpaired) electrons. The molecule has 0 saturated carbocycles. The zero-order chi connectivity index (χ0) is 20.8. The first-order valence-corrected chi connectivity index (χ1v) is 6.54. The summed E-state index contributed by atoms with van der Waals surface area (Å²) in [7, 11) is 0. The van der Waals surface area contributed by atoms with Gasteiger partial charge in [-0.1, -0.05) is 0 Å². The number of aliphatic hydroxyl groups is 2. The van der Waals surface area contributed by atoms with Crippen LogP contribution in [0, 0.1) is 0 Å². The number of hydrogen-bond donors (Lipinski definition) is 2. The second-order valence-electron chi connectivity index (χ2n) is 6.10. The Bertz CT molecular complexity index is 587. The Labute approximate surface area is 137 Å². The maximum atomic E-state index is 13.9. The lowest BCUT2D eigenvalue weighted by Crippen LogP contribution is -2.65. The first kappa shape index (κ1) is 21.4. The summed E-state index contributed by atoms with van der Waals surface area (Å²) in [6.07, 6.45) is -20.2. The standard InChI is InChI=1S/C11H10F10O5/c1-5(2)24-4-3(22)6(23,8(12,13)10(16,17)18)26-7(4,25-5)9(14,15)11(19,20)21/h3-4,22-23H,1-2H3/t3-,4+,6-,7+/m1/s1. The van der Waals surface area contributed by atoms with E-state index in [4.69, 9.17) is 0 Å². The van der Waals surface area contributed by atoms with Gasteiger partial charge in [0, 0.05) is 0 Å². The smallest absolute Gasteiger partial charge is 0.384 e. The van der Waals surface area contributed by atoms with E-state index in [0.717, 1.165) is 0 Å². The van der Waals surface area contributed by atoms with Gasteiger partial charge in [0.2, 0.25) is 0 Å². The van der Waals surface area contributed by atoms with Crippen molar-refractivity contribution >= 4 is 0 Å². The van der Waals surface area contributed by atoms with Crippen LogP contribution in [0.25, 0.3) is 0 Å². The molecule has 5 nitrogen and oxygen atoms in total. The van der Waals surface area contributed by atoms with E-state index in [1.54, 1.807) is 0 Å². The number of rotatable bonds is 2. The molecule has 2 heterocycles. The predicted molar refractivity (Wildman–Crippen MR) is 56.8 cm³/mol. The summed E-state index contributed by atoms with van der Waals surface area (Å²) in [5.41, 5.74) is 0. The molecular formula is C11H10F10O5. The molecule has 0 amide bonds. The van der Waals surface area contributed by atoms with Gasteiger partial charge in [-0.2, -0.15) is 43.9 Å². The average molecular weight is 412 g/mol. The Balaban J connectivity index is 2.67. The van der Waals surface area contributed by atoms with E-state index in [2.05, 4.69) is 14.2 Å². The van der Waals surface area contributed by atoms with Gasteiger partial charge in [-0.05, 0) is 13.8 Å². The van der Waals surface area contributed by atoms with Crippen molar-refractivity contribution in [2.24, 2.45) is 0 Å². The molecule has 0 unspecified atom stereocenters. The minimum absolute atomic E-state index is 0.705. The molecule has 0 spiro atoms. The third-order valence-electron chi connectivity index (χ3n) is 3.78. The fourth-order valence-electron chi connectivity index (χ4n) is 2.64. The van der Waals surface area contributed by atoms with Crippen LogP contribution in [-0.4, -0.2) is 64.0 Å². The fourth-order valence-corrected chi connectivity index (χ4v) is 2.64. The van der Waals surface area contributed by atoms with Crippen LogP contribution >= 0.6 is 0 Å². The van der Waals surface area contributed by atoms with Crippen LogP contribution in [0.2, 0.25) is 0 Å². The second kappa shape index (κ2) is 5.12. The minimum Gasteiger partial charge on any atom is -0.384 e. The summed E-state index contributed by atoms with van der Waals surface area (Å²) >= 11 is 0. The summed E-state index contributed by atoms with van der Waals surface area (Å²) < 4.78 is 143. The van der Waals surface area contributed by atoms with Crippen molar-refractivity contribution in [2.75, 3.05) is 0 Å². The third kappa shape index (κ3) is 2.43. The van der Waals surface area contributed by atoms with E-state index in [0.29, 0.717) is 13.8 Å². The van der Waals surface area contributed by atoms with Crippen LogP contribution in [0.5, 0.6) is 0 Å². The van der Waals surface area contributed by atoms with Gasteiger partial charge in [-0.15, -0.1) is 0 Å². The SMILES string of the molecule is CC1(C)O[C@H]2[C@@H](O)[C@](O)(C(F)(F)C(F)(F)F)O[C@@]2(C(F)(F)C(F)(F)F)O1. The van der Waals surface area contributed by atoms with Crippen LogP contribution < -0.4 is 0 Å². The van der Waals surface area contributed by atoms with E-state index >= 15 is 0 Å². The fraction of sp³-hybridized carbons (Fsp3) is 1.00. The van der Waals surface area contributed by atoms with E-state index in [-0.39, 0.29) is 0 Å². The number of hydrogen-bond acceptors (Lipinski definition) is 5. The minimum atomic E-state index is -6.69. The van der Waals surface area contributed by atoms with Gasteiger partial charge in [0.05, 0.1) is 0 Å². The van der Waals surface area contributed by atoms with Crippen LogP contribution in [0.3, 0.4) is 0 Å². The molecule has 0 aromatic carbocycles. The van der Waals surface area contributed by atoms with Crippen molar-refractivity contribution in [3.63, 3.8) is 0 Å². The lowest BCUT2D eigenvalue weighted by atomic mass is 9.95. The lowest BCUT2D eigenvalue weighted by Gasteiger charge is -2.39. The molecule has 2 aliphatic rings. The summed E-state index contributed by atoms with van der Waals surface area (Å²) in [6, 6.07) is 0. The van der Waals surface area contributed by atoms with Gasteiger partial charge in [0.1, 0.15) is 6.10 Å². The number of halogens is 10. The van der Waals surface area contributed by atoms with E-state index in [1.165, 1.54) is 0 Å². The normalized spacial score (nSPS) is 38.5. The largest absolute Gasteiger partial charge is 0.459 e. The lowest BCUT2D eigenvalue weighted by molar-refractivity contribution is -0.477. The monoisotopic (exact) mass is 412 g/mol. The highest BCUT2D eigenvalue weighted by atomic mass is 19.4. The highest BCUT2D eigenvalue weighted by molar-refractivity contribution is 5.17. The quantitative estimate of drug-likeness (QED) is 0.682. The molecule has 2 aliphatic heterocycles. The van der Waals surface area contributed by atoms with Gasteiger partial charge >= 0.3 is 24.2 Å². The summed E-state index contributed by atoms with van der Waals surface area (Å²) in [4.78, 5) is 0. The summed E-state index contributed by atoms with van der Waals surface area (Å²) in [6.45, 7) is 1.41. The molecule has 15 heteroatoms. The third-order valence-corrected chi connectivity index (χ3v) is 3.78. The topological polar surface area (TPSA) is 68.2 Å². The van der Waals surface area contributed by atoms with Gasteiger partial charge in [0.15, 0.2) is 11.9 Å². The molecule has 2 fully saturated rings. The Morgan fingerprint density at radius 1 is 0.769 bits per heavy atom. The summed E-state index contributed by atoms with van der Waals surface area (Å²) in [5.74, 6) is -25.1. The molecule has 154 valence electrons. The van der Waals surface area contributed by atoms with E-state index in [9.17, 15) is 54.1 Å². The zero-order valence-electron chi connectivity index (χ0n) is 12.6. The second-order valence-corrected chi connectivity index (χ2v) is 6.10. The van der Waals surface area contributed by atoms with Crippen LogP contribution in [0.15, 0.2) is 0 Å². The molecule has 2 rings (SSSR count). The molecule has 2 saturated heterocycles. The molecule has 26 heavy (non-hydrogen) atoms. The molecule has 0 bridgehead atoms. The zero-order valence-corrected chi connectivity index (χ0v) is 12.6. The van der Waals surface area contributed by atoms with Gasteiger partial charge in [-0.25, -0.2) is 0 Å². The van der Waals surface area contributed by atoms with Crippen molar-refractivity contribution in [2.45, 2.75) is 67.6 Å². The highest BCUT2D eigenvalue weighted by Gasteiger charge is 2.90. The van der Waals surface area contributed by atoms with Crippen molar-refractivity contribution in [3.8, 4) is 0 Å². The maximum Gasteiger partial charge on any atom is 0.459 e. The molecule has 0 aromatic heterocycles. The van der Waals surface area contributed by atoms with Crippen molar-refractivity contribution in [3.05, 3.63) is 0 Å². The van der Waals surface area contributed by atoms with Crippen molar-refractivity contribution in [1.29, 1.82) is 0 Å². The Morgan fingerprint density at radius 3 is 1.58 bits per heavy atom. The number of alkyl halides is 10. The van der Waals surface area contributed by atoms with Crippen LogP contribution in [0.1, 0.15) is 13.8 Å². The average Bonchev–Trinajstić information content (AvgIpc) is 2.77. The predicted octanol–water partition coefficient (Wildman–Crippen LogP) is 2.31. The molecule has 4 atom stereocenters. The molecule has 2 N–H and O–H groups in total. The Morgan fingerprint density at radius 2 is 1.19 bits per heavy atom. The Hall–Kier alpha value is -0.900. The van der Waals surface area contributed by atoms with E-state index < -0.39 is 53.8 Å². The Kier molecular flexibility index (Phi) is 4.22. The molecule has 0 aromatic rings. The number of ether oxygens (including phenoxy) is 3. The van der Waals surface area contributed by atoms with Crippen molar-refractivity contribution < 1.29 is 68.3 Å². The van der Waals surface area contributed by atoms with E-state index in [1.807, 2.05) is 0 Å². The highest BCUT2D eigenvalue weighted by Crippen LogP contribution is 2.62. The van der Waals surface area contributed by atoms with Crippen LogP contribution in [0.4, 0.5) is 43.9 Å². The first-order valence-electron chi connectivity index (χ1n) is 6.54. The van der Waals surface area contributed by atoms with Gasteiger partial charge in [-0.3, -0.25) is 0 Å². The van der Waals surface area contributed by atoms with Gasteiger partial charge < -0.3 is 24.4 Å². The van der Waals surface area contributed by atoms with Crippen molar-refractivity contribution in [1.82, 2.24) is 0 Å². The van der Waals surface area contributed by atoms with Gasteiger partial charge in [0.25, 0.3) is 11.6 Å². The summed E-state index contributed by atoms with van der Waals surface area (Å²) in [5, 5.41) is 19.1. The number of aliphatic hydroxyl groups excluding tert-OH is 1.